The van der Waals surface area contributed by atoms with Crippen molar-refractivity contribution in [3.63, 3.8) is 0 Å². The molecule has 5 aliphatic rings. The molecule has 1 N–H and O–H groups in total. The first-order valence-electron chi connectivity index (χ1n) is 11.9. The second-order valence-corrected chi connectivity index (χ2v) is 10.3. The smallest absolute Gasteiger partial charge is 0.242 e. The Bertz CT molecular complexity index is 819. The maximum Gasteiger partial charge on any atom is 0.242 e. The molecule has 6 rings (SSSR count). The van der Waals surface area contributed by atoms with Crippen LogP contribution in [0.15, 0.2) is 24.3 Å². The lowest BCUT2D eigenvalue weighted by Crippen LogP contribution is -2.51. The lowest BCUT2D eigenvalue weighted by molar-refractivity contribution is -0.135. The zero-order valence-corrected chi connectivity index (χ0v) is 18.6. The lowest BCUT2D eigenvalue weighted by atomic mass is 9.73. The SMILES string of the molecule is COc1ccccc1CN1CCN(C(=O)CNC(=O)CC23CC4CC(CC2C4)C3)CC1. The molecule has 2 amide bonds. The second kappa shape index (κ2) is 8.45. The van der Waals surface area contributed by atoms with Gasteiger partial charge in [0.1, 0.15) is 5.75 Å². The number of carbonyl (C=O) groups is 2. The Hall–Kier alpha value is -2.08. The van der Waals surface area contributed by atoms with Crippen molar-refractivity contribution in [2.45, 2.75) is 45.1 Å². The minimum absolute atomic E-state index is 0.0417. The van der Waals surface area contributed by atoms with Crippen molar-refractivity contribution in [2.24, 2.45) is 23.2 Å². The van der Waals surface area contributed by atoms with Crippen LogP contribution < -0.4 is 10.1 Å². The topological polar surface area (TPSA) is 61.9 Å². The Labute approximate surface area is 185 Å². The van der Waals surface area contributed by atoms with Gasteiger partial charge in [0.25, 0.3) is 0 Å². The highest BCUT2D eigenvalue weighted by Gasteiger charge is 2.57. The van der Waals surface area contributed by atoms with E-state index in [1.54, 1.807) is 7.11 Å². The summed E-state index contributed by atoms with van der Waals surface area (Å²) >= 11 is 0. The fourth-order valence-electron chi connectivity index (χ4n) is 7.15. The molecule has 0 radical (unpaired) electrons. The summed E-state index contributed by atoms with van der Waals surface area (Å²) in [6, 6.07) is 8.09. The van der Waals surface area contributed by atoms with Crippen LogP contribution in [0.25, 0.3) is 0 Å². The highest BCUT2D eigenvalue weighted by atomic mass is 16.5. The molecule has 4 saturated carbocycles. The third-order valence-electron chi connectivity index (χ3n) is 8.42. The first kappa shape index (κ1) is 20.8. The van der Waals surface area contributed by atoms with Crippen molar-refractivity contribution < 1.29 is 14.3 Å². The Balaban J connectivity index is 1.06. The molecule has 6 nitrogen and oxygen atoms in total. The van der Waals surface area contributed by atoms with E-state index in [1.807, 2.05) is 23.1 Å². The van der Waals surface area contributed by atoms with Crippen LogP contribution in [0.2, 0.25) is 0 Å². The molecule has 1 aromatic carbocycles. The van der Waals surface area contributed by atoms with Crippen LogP contribution >= 0.6 is 0 Å². The average Bonchev–Trinajstić information content (AvgIpc) is 3.15. The molecule has 0 spiro atoms. The first-order chi connectivity index (χ1) is 15.0. The van der Waals surface area contributed by atoms with Gasteiger partial charge in [-0.1, -0.05) is 18.2 Å². The van der Waals surface area contributed by atoms with E-state index in [1.165, 1.54) is 37.7 Å². The van der Waals surface area contributed by atoms with Crippen LogP contribution in [0.4, 0.5) is 0 Å². The van der Waals surface area contributed by atoms with E-state index in [4.69, 9.17) is 4.74 Å². The van der Waals surface area contributed by atoms with Crippen LogP contribution in [0, 0.1) is 23.2 Å². The van der Waals surface area contributed by atoms with Gasteiger partial charge >= 0.3 is 0 Å². The molecular weight excluding hydrogens is 390 g/mol. The molecule has 1 heterocycles. The zero-order valence-electron chi connectivity index (χ0n) is 18.6. The summed E-state index contributed by atoms with van der Waals surface area (Å²) in [5.41, 5.74) is 1.43. The number of methoxy groups -OCH3 is 1. The van der Waals surface area contributed by atoms with Gasteiger partial charge in [-0.15, -0.1) is 0 Å². The van der Waals surface area contributed by atoms with E-state index in [9.17, 15) is 9.59 Å². The number of hydrogen-bond acceptors (Lipinski definition) is 4. The Morgan fingerprint density at radius 1 is 1.06 bits per heavy atom. The number of benzene rings is 1. The van der Waals surface area contributed by atoms with E-state index in [0.29, 0.717) is 19.5 Å². The molecule has 1 aromatic rings. The van der Waals surface area contributed by atoms with Crippen molar-refractivity contribution in [3.8, 4) is 5.75 Å². The van der Waals surface area contributed by atoms with Gasteiger partial charge in [0.05, 0.1) is 13.7 Å². The van der Waals surface area contributed by atoms with Crippen molar-refractivity contribution in [3.05, 3.63) is 29.8 Å². The van der Waals surface area contributed by atoms with Gasteiger partial charge in [-0.25, -0.2) is 0 Å². The number of hydrogen-bond donors (Lipinski definition) is 1. The number of carbonyl (C=O) groups excluding carboxylic acids is 2. The highest BCUT2D eigenvalue weighted by molar-refractivity contribution is 5.85. The molecule has 168 valence electrons. The van der Waals surface area contributed by atoms with Crippen LogP contribution in [-0.2, 0) is 16.1 Å². The summed E-state index contributed by atoms with van der Waals surface area (Å²) in [5, 5.41) is 2.95. The molecule has 6 heteroatoms. The van der Waals surface area contributed by atoms with Crippen molar-refractivity contribution in [1.82, 2.24) is 15.1 Å². The van der Waals surface area contributed by atoms with Gasteiger partial charge in [-0.2, -0.15) is 0 Å². The van der Waals surface area contributed by atoms with Crippen molar-refractivity contribution in [1.29, 1.82) is 0 Å². The van der Waals surface area contributed by atoms with E-state index in [-0.39, 0.29) is 23.8 Å². The number of piperazine rings is 1. The van der Waals surface area contributed by atoms with E-state index < -0.39 is 0 Å². The Kier molecular flexibility index (Phi) is 5.67. The molecule has 2 atom stereocenters. The number of nitrogens with one attached hydrogen (secondary N) is 1. The van der Waals surface area contributed by atoms with Gasteiger partial charge < -0.3 is 15.0 Å². The zero-order chi connectivity index (χ0) is 21.4. The molecule has 31 heavy (non-hydrogen) atoms. The maximum atomic E-state index is 12.7. The summed E-state index contributed by atoms with van der Waals surface area (Å²) in [4.78, 5) is 29.6. The highest BCUT2D eigenvalue weighted by Crippen LogP contribution is 2.66. The van der Waals surface area contributed by atoms with Crippen LogP contribution in [-0.4, -0.2) is 61.4 Å². The van der Waals surface area contributed by atoms with E-state index in [2.05, 4.69) is 16.3 Å². The van der Waals surface area contributed by atoms with Crippen molar-refractivity contribution >= 4 is 11.8 Å². The maximum absolute atomic E-state index is 12.7. The number of ether oxygens (including phenoxy) is 1. The minimum atomic E-state index is 0.0417. The number of rotatable bonds is 7. The van der Waals surface area contributed by atoms with Gasteiger partial charge in [-0.3, -0.25) is 14.5 Å². The van der Waals surface area contributed by atoms with Gasteiger partial charge in [-0.05, 0) is 61.3 Å². The Morgan fingerprint density at radius 3 is 2.48 bits per heavy atom. The fraction of sp³-hybridized carbons (Fsp3) is 0.680. The van der Waals surface area contributed by atoms with E-state index >= 15 is 0 Å². The van der Waals surface area contributed by atoms with Crippen molar-refractivity contribution in [2.75, 3.05) is 39.8 Å². The molecule has 0 aromatic heterocycles. The van der Waals surface area contributed by atoms with E-state index in [0.717, 1.165) is 43.1 Å². The summed E-state index contributed by atoms with van der Waals surface area (Å²) in [6.07, 6.45) is 7.17. The normalized spacial score (nSPS) is 31.8. The van der Waals surface area contributed by atoms with Gasteiger partial charge in [0.2, 0.25) is 11.8 Å². The van der Waals surface area contributed by atoms with Crippen LogP contribution in [0.3, 0.4) is 0 Å². The predicted octanol–water partition coefficient (Wildman–Crippen LogP) is 2.67. The first-order valence-corrected chi connectivity index (χ1v) is 11.9. The third-order valence-corrected chi connectivity index (χ3v) is 8.42. The summed E-state index contributed by atoms with van der Waals surface area (Å²) in [7, 11) is 1.70. The largest absolute Gasteiger partial charge is 0.496 e. The quantitative estimate of drug-likeness (QED) is 0.730. The number of amides is 2. The minimum Gasteiger partial charge on any atom is -0.496 e. The van der Waals surface area contributed by atoms with Gasteiger partial charge in [0, 0.05) is 44.7 Å². The monoisotopic (exact) mass is 425 g/mol. The van der Waals surface area contributed by atoms with Crippen LogP contribution in [0.5, 0.6) is 5.75 Å². The molecule has 1 saturated heterocycles. The lowest BCUT2D eigenvalue weighted by Gasteiger charge is -2.35. The molecule has 2 unspecified atom stereocenters. The Morgan fingerprint density at radius 2 is 1.77 bits per heavy atom. The molecule has 5 fully saturated rings. The summed E-state index contributed by atoms with van der Waals surface area (Å²) in [5.74, 6) is 3.51. The standard InChI is InChI=1S/C25H35N3O3/c1-31-22-5-3-2-4-20(22)17-27-6-8-28(9-7-27)24(30)16-26-23(29)15-25-13-18-10-19(14-25)12-21(25)11-18/h2-5,18-19,21H,6-17H2,1H3,(H,26,29). The number of para-hydroxylation sites is 1. The molecule has 4 bridgehead atoms. The molecule has 4 aliphatic carbocycles. The summed E-state index contributed by atoms with van der Waals surface area (Å²) in [6.45, 7) is 4.06. The average molecular weight is 426 g/mol. The second-order valence-electron chi connectivity index (χ2n) is 10.3. The molecular formula is C25H35N3O3. The molecule has 1 aliphatic heterocycles. The van der Waals surface area contributed by atoms with Crippen LogP contribution in [0.1, 0.15) is 44.1 Å². The summed E-state index contributed by atoms with van der Waals surface area (Å²) < 4.78 is 5.45. The number of nitrogens with zero attached hydrogens (tertiary/aromatic N) is 2. The third kappa shape index (κ3) is 4.19. The predicted molar refractivity (Wildman–Crippen MR) is 118 cm³/mol. The fourth-order valence-corrected chi connectivity index (χ4v) is 7.15. The van der Waals surface area contributed by atoms with Gasteiger partial charge in [0.15, 0.2) is 0 Å².